The van der Waals surface area contributed by atoms with E-state index < -0.39 is 5.54 Å². The minimum atomic E-state index is -0.736. The van der Waals surface area contributed by atoms with Crippen LogP contribution in [-0.2, 0) is 16.0 Å². The largest absolute Gasteiger partial charge is 0.322 e. The van der Waals surface area contributed by atoms with Gasteiger partial charge < -0.3 is 5.32 Å². The van der Waals surface area contributed by atoms with Crippen LogP contribution in [0.2, 0.25) is 0 Å². The first-order valence-electron chi connectivity index (χ1n) is 10.6. The van der Waals surface area contributed by atoms with Crippen molar-refractivity contribution in [3.05, 3.63) is 59.7 Å². The SMILES string of the molecule is CN(CC(=O)N1c2ccccc2NC(=O)C12CCCC2)C1CCc2ccccc21. The standard InChI is InChI=1S/C24H27N3O2/c1-26(20-13-12-17-8-2-3-9-18(17)20)16-22(28)27-21-11-5-4-10-19(21)25-23(29)24(27)14-6-7-15-24/h2-5,8-11,20H,6-7,12-16H2,1H3,(H,25,29). The number of amides is 2. The number of carbonyl (C=O) groups excluding carboxylic acids is 2. The first-order chi connectivity index (χ1) is 14.1. The minimum Gasteiger partial charge on any atom is -0.322 e. The van der Waals surface area contributed by atoms with E-state index in [0.29, 0.717) is 6.54 Å². The minimum absolute atomic E-state index is 0.0149. The molecule has 0 saturated heterocycles. The summed E-state index contributed by atoms with van der Waals surface area (Å²) in [7, 11) is 2.03. The van der Waals surface area contributed by atoms with Crippen molar-refractivity contribution in [2.75, 3.05) is 23.8 Å². The Balaban J connectivity index is 1.45. The number of aryl methyl sites for hydroxylation is 1. The highest BCUT2D eigenvalue weighted by molar-refractivity contribution is 6.15. The van der Waals surface area contributed by atoms with Crippen LogP contribution in [0.25, 0.3) is 0 Å². The van der Waals surface area contributed by atoms with E-state index in [1.807, 2.05) is 36.2 Å². The smallest absolute Gasteiger partial charge is 0.250 e. The summed E-state index contributed by atoms with van der Waals surface area (Å²) in [5.74, 6) is -0.0167. The van der Waals surface area contributed by atoms with E-state index in [2.05, 4.69) is 34.5 Å². The number of hydrogen-bond acceptors (Lipinski definition) is 3. The number of anilines is 2. The van der Waals surface area contributed by atoms with Crippen molar-refractivity contribution in [2.45, 2.75) is 50.1 Å². The highest BCUT2D eigenvalue weighted by Gasteiger charge is 2.52. The van der Waals surface area contributed by atoms with Gasteiger partial charge in [0.25, 0.3) is 5.91 Å². The Kier molecular flexibility index (Phi) is 4.43. The Labute approximate surface area is 171 Å². The molecule has 1 unspecified atom stereocenters. The van der Waals surface area contributed by atoms with Crippen LogP contribution in [0.15, 0.2) is 48.5 Å². The fourth-order valence-corrected chi connectivity index (χ4v) is 5.52. The molecule has 0 bridgehead atoms. The molecule has 2 aromatic carbocycles. The van der Waals surface area contributed by atoms with Gasteiger partial charge in [-0.15, -0.1) is 0 Å². The molecule has 1 N–H and O–H groups in total. The molecule has 1 atom stereocenters. The maximum Gasteiger partial charge on any atom is 0.250 e. The van der Waals surface area contributed by atoms with Crippen LogP contribution >= 0.6 is 0 Å². The second kappa shape index (κ2) is 6.99. The lowest BCUT2D eigenvalue weighted by Gasteiger charge is -2.45. The lowest BCUT2D eigenvalue weighted by Crippen LogP contribution is -2.62. The van der Waals surface area contributed by atoms with Crippen LogP contribution in [0.5, 0.6) is 0 Å². The lowest BCUT2D eigenvalue weighted by atomic mass is 9.89. The Morgan fingerprint density at radius 3 is 2.69 bits per heavy atom. The predicted molar refractivity (Wildman–Crippen MR) is 114 cm³/mol. The number of fused-ring (bicyclic) bond motifs is 2. The van der Waals surface area contributed by atoms with E-state index in [1.54, 1.807) is 0 Å². The van der Waals surface area contributed by atoms with Crippen LogP contribution in [0.1, 0.15) is 49.3 Å². The van der Waals surface area contributed by atoms with Gasteiger partial charge in [-0.3, -0.25) is 19.4 Å². The number of hydrogen-bond donors (Lipinski definition) is 1. The summed E-state index contributed by atoms with van der Waals surface area (Å²) in [5, 5.41) is 3.05. The fraction of sp³-hybridized carbons (Fsp3) is 0.417. The molecule has 1 fully saturated rings. The molecule has 29 heavy (non-hydrogen) atoms. The number of rotatable bonds is 3. The molecule has 2 aromatic rings. The van der Waals surface area contributed by atoms with Gasteiger partial charge >= 0.3 is 0 Å². The summed E-state index contributed by atoms with van der Waals surface area (Å²) in [4.78, 5) is 30.7. The van der Waals surface area contributed by atoms with Crippen molar-refractivity contribution in [3.63, 3.8) is 0 Å². The van der Waals surface area contributed by atoms with E-state index in [1.165, 1.54) is 11.1 Å². The van der Waals surface area contributed by atoms with Crippen LogP contribution in [0.4, 0.5) is 11.4 Å². The van der Waals surface area contributed by atoms with E-state index >= 15 is 0 Å². The molecular weight excluding hydrogens is 362 g/mol. The normalized spacial score (nSPS) is 21.9. The summed E-state index contributed by atoms with van der Waals surface area (Å²) in [5.41, 5.74) is 3.54. The van der Waals surface area contributed by atoms with Crippen molar-refractivity contribution in [2.24, 2.45) is 0 Å². The molecule has 0 radical (unpaired) electrons. The van der Waals surface area contributed by atoms with E-state index in [-0.39, 0.29) is 17.9 Å². The van der Waals surface area contributed by atoms with Gasteiger partial charge in [-0.1, -0.05) is 49.2 Å². The van der Waals surface area contributed by atoms with Crippen molar-refractivity contribution in [1.29, 1.82) is 0 Å². The van der Waals surface area contributed by atoms with Gasteiger partial charge in [0.1, 0.15) is 5.54 Å². The number of para-hydroxylation sites is 2. The molecule has 2 amide bonds. The van der Waals surface area contributed by atoms with Crippen LogP contribution in [-0.4, -0.2) is 35.8 Å². The number of nitrogens with one attached hydrogen (secondary N) is 1. The number of nitrogens with zero attached hydrogens (tertiary/aromatic N) is 2. The molecule has 1 saturated carbocycles. The van der Waals surface area contributed by atoms with Gasteiger partial charge in [0, 0.05) is 6.04 Å². The average molecular weight is 389 g/mol. The number of benzene rings is 2. The molecule has 2 aliphatic carbocycles. The third-order valence-corrected chi connectivity index (χ3v) is 6.94. The summed E-state index contributed by atoms with van der Waals surface area (Å²) in [6.07, 6.45) is 5.50. The third-order valence-electron chi connectivity index (χ3n) is 6.94. The van der Waals surface area contributed by atoms with Crippen LogP contribution < -0.4 is 10.2 Å². The van der Waals surface area contributed by atoms with Gasteiger partial charge in [0.2, 0.25) is 5.91 Å². The summed E-state index contributed by atoms with van der Waals surface area (Å²) >= 11 is 0. The third kappa shape index (κ3) is 2.87. The summed E-state index contributed by atoms with van der Waals surface area (Å²) < 4.78 is 0. The predicted octanol–water partition coefficient (Wildman–Crippen LogP) is 3.90. The monoisotopic (exact) mass is 389 g/mol. The Morgan fingerprint density at radius 1 is 1.14 bits per heavy atom. The maximum absolute atomic E-state index is 13.7. The van der Waals surface area contributed by atoms with Crippen LogP contribution in [0, 0.1) is 0 Å². The molecule has 5 rings (SSSR count). The topological polar surface area (TPSA) is 52.7 Å². The fourth-order valence-electron chi connectivity index (χ4n) is 5.52. The van der Waals surface area contributed by atoms with Crippen molar-refractivity contribution in [3.8, 4) is 0 Å². The Morgan fingerprint density at radius 2 is 1.86 bits per heavy atom. The lowest BCUT2D eigenvalue weighted by molar-refractivity contribution is -0.128. The van der Waals surface area contributed by atoms with Crippen molar-refractivity contribution < 1.29 is 9.59 Å². The molecule has 1 aliphatic heterocycles. The quantitative estimate of drug-likeness (QED) is 0.866. The average Bonchev–Trinajstić information content (AvgIpc) is 3.37. The van der Waals surface area contributed by atoms with Gasteiger partial charge in [-0.2, -0.15) is 0 Å². The highest BCUT2D eigenvalue weighted by Crippen LogP contribution is 2.45. The summed E-state index contributed by atoms with van der Waals surface area (Å²) in [6.45, 7) is 0.308. The second-order valence-electron chi connectivity index (χ2n) is 8.61. The van der Waals surface area contributed by atoms with Gasteiger partial charge in [-0.25, -0.2) is 0 Å². The zero-order valence-electron chi connectivity index (χ0n) is 16.9. The first kappa shape index (κ1) is 18.4. The molecule has 3 aliphatic rings. The number of likely N-dealkylation sites (N-methyl/N-ethyl adjacent to an activating group) is 1. The van der Waals surface area contributed by atoms with Gasteiger partial charge in [-0.05, 0) is 56.0 Å². The van der Waals surface area contributed by atoms with Crippen LogP contribution in [0.3, 0.4) is 0 Å². The van der Waals surface area contributed by atoms with Crippen molar-refractivity contribution >= 4 is 23.2 Å². The number of carbonyl (C=O) groups is 2. The molecular formula is C24H27N3O2. The first-order valence-corrected chi connectivity index (χ1v) is 10.6. The van der Waals surface area contributed by atoms with Crippen molar-refractivity contribution in [1.82, 2.24) is 4.90 Å². The zero-order chi connectivity index (χ0) is 20.0. The maximum atomic E-state index is 13.7. The Hall–Kier alpha value is -2.66. The molecule has 0 aromatic heterocycles. The van der Waals surface area contributed by atoms with E-state index in [4.69, 9.17) is 0 Å². The molecule has 5 nitrogen and oxygen atoms in total. The molecule has 150 valence electrons. The van der Waals surface area contributed by atoms with E-state index in [0.717, 1.165) is 49.9 Å². The molecule has 1 heterocycles. The van der Waals surface area contributed by atoms with Gasteiger partial charge in [0.05, 0.1) is 17.9 Å². The van der Waals surface area contributed by atoms with E-state index in [9.17, 15) is 9.59 Å². The Bertz CT molecular complexity index is 964. The zero-order valence-corrected chi connectivity index (χ0v) is 16.9. The summed E-state index contributed by atoms with van der Waals surface area (Å²) in [6, 6.07) is 16.4. The molecule has 1 spiro atoms. The van der Waals surface area contributed by atoms with Gasteiger partial charge in [0.15, 0.2) is 0 Å². The highest BCUT2D eigenvalue weighted by atomic mass is 16.2. The molecule has 5 heteroatoms. The second-order valence-corrected chi connectivity index (χ2v) is 8.61.